The highest BCUT2D eigenvalue weighted by Crippen LogP contribution is 2.39. The van der Waals surface area contributed by atoms with Crippen molar-refractivity contribution < 1.29 is 22.8 Å². The second-order valence-electron chi connectivity index (χ2n) is 10.3. The van der Waals surface area contributed by atoms with Crippen molar-refractivity contribution in [3.63, 3.8) is 0 Å². The fraction of sp³-hybridized carbons (Fsp3) is 0.640. The first-order chi connectivity index (χ1) is 16.5. The smallest absolute Gasteiger partial charge is 0.327 e. The normalized spacial score (nSPS) is 25.9. The van der Waals surface area contributed by atoms with Crippen molar-refractivity contribution in [2.75, 3.05) is 31.6 Å². The molecule has 192 valence electrons. The lowest BCUT2D eigenvalue weighted by atomic mass is 9.81. The maximum atomic E-state index is 13.4. The van der Waals surface area contributed by atoms with Gasteiger partial charge in [-0.05, 0) is 77.1 Å². The molecule has 3 aliphatic rings. The molecule has 3 unspecified atom stereocenters. The number of carbonyl (C=O) groups is 3. The summed E-state index contributed by atoms with van der Waals surface area (Å²) in [7, 11) is -1.95. The number of benzene rings is 1. The lowest BCUT2D eigenvalue weighted by Crippen LogP contribution is -2.63. The molecule has 0 spiro atoms. The minimum absolute atomic E-state index is 0.149. The van der Waals surface area contributed by atoms with Crippen molar-refractivity contribution in [3.8, 4) is 0 Å². The Morgan fingerprint density at radius 2 is 1.74 bits per heavy atom. The molecule has 1 saturated heterocycles. The molecule has 1 heterocycles. The molecule has 0 aromatic heterocycles. The van der Waals surface area contributed by atoms with E-state index < -0.39 is 33.1 Å². The molecule has 1 N–H and O–H groups in total. The summed E-state index contributed by atoms with van der Waals surface area (Å²) >= 11 is 0. The van der Waals surface area contributed by atoms with Crippen molar-refractivity contribution in [3.05, 3.63) is 29.8 Å². The highest BCUT2D eigenvalue weighted by Gasteiger charge is 2.51. The Bertz CT molecular complexity index is 1100. The maximum absolute atomic E-state index is 13.4. The summed E-state index contributed by atoms with van der Waals surface area (Å²) < 4.78 is 28.7. The van der Waals surface area contributed by atoms with E-state index in [1.54, 1.807) is 19.2 Å². The van der Waals surface area contributed by atoms with Gasteiger partial charge in [-0.3, -0.25) is 14.5 Å². The van der Waals surface area contributed by atoms with Gasteiger partial charge in [-0.15, -0.1) is 0 Å². The first-order valence-corrected chi connectivity index (χ1v) is 14.0. The number of urea groups is 1. The molecular formula is C25H36N4O5S. The number of Topliss-reactive ketones (excluding diaryl/α,β-unsaturated/α-hetero) is 1. The summed E-state index contributed by atoms with van der Waals surface area (Å²) in [4.78, 5) is 44.0. The van der Waals surface area contributed by atoms with Gasteiger partial charge in [0.1, 0.15) is 0 Å². The Hall–Kier alpha value is -2.46. The third-order valence-corrected chi connectivity index (χ3v) is 9.91. The predicted molar refractivity (Wildman–Crippen MR) is 134 cm³/mol. The van der Waals surface area contributed by atoms with Crippen LogP contribution in [0.2, 0.25) is 0 Å². The van der Waals surface area contributed by atoms with Crippen LogP contribution < -0.4 is 9.62 Å². The lowest BCUT2D eigenvalue weighted by Gasteiger charge is -2.46. The molecule has 0 bridgehead atoms. The molecule has 3 fully saturated rings. The molecule has 0 radical (unpaired) electrons. The van der Waals surface area contributed by atoms with E-state index in [1.807, 2.05) is 19.1 Å². The summed E-state index contributed by atoms with van der Waals surface area (Å²) in [5, 5.41) is -0.683. The molecule has 2 aliphatic carbocycles. The Balaban J connectivity index is 1.48. The average molecular weight is 505 g/mol. The second-order valence-corrected chi connectivity index (χ2v) is 12.2. The van der Waals surface area contributed by atoms with Crippen LogP contribution in [0.4, 0.5) is 10.5 Å². The summed E-state index contributed by atoms with van der Waals surface area (Å²) in [5.74, 6) is -1.42. The van der Waals surface area contributed by atoms with Gasteiger partial charge in [-0.2, -0.15) is 0 Å². The zero-order valence-electron chi connectivity index (χ0n) is 21.0. The van der Waals surface area contributed by atoms with Crippen molar-refractivity contribution >= 4 is 33.4 Å². The molecule has 3 atom stereocenters. The fourth-order valence-electron chi connectivity index (χ4n) is 5.30. The molecule has 2 saturated carbocycles. The van der Waals surface area contributed by atoms with Crippen LogP contribution in [0.3, 0.4) is 0 Å². The van der Waals surface area contributed by atoms with Crippen LogP contribution in [0.15, 0.2) is 24.3 Å². The van der Waals surface area contributed by atoms with Crippen LogP contribution in [-0.4, -0.2) is 79.5 Å². The second kappa shape index (κ2) is 9.54. The van der Waals surface area contributed by atoms with E-state index in [2.05, 4.69) is 23.5 Å². The van der Waals surface area contributed by atoms with E-state index in [0.717, 1.165) is 36.5 Å². The van der Waals surface area contributed by atoms with Gasteiger partial charge in [0, 0.05) is 43.0 Å². The van der Waals surface area contributed by atoms with Gasteiger partial charge in [0.2, 0.25) is 15.9 Å². The van der Waals surface area contributed by atoms with Gasteiger partial charge in [0.25, 0.3) is 0 Å². The topological polar surface area (TPSA) is 107 Å². The van der Waals surface area contributed by atoms with E-state index in [1.165, 1.54) is 4.90 Å². The van der Waals surface area contributed by atoms with Crippen LogP contribution >= 0.6 is 0 Å². The van der Waals surface area contributed by atoms with Crippen LogP contribution in [-0.2, 0) is 14.8 Å². The van der Waals surface area contributed by atoms with E-state index in [0.29, 0.717) is 18.4 Å². The summed E-state index contributed by atoms with van der Waals surface area (Å²) in [6, 6.07) is 6.31. The number of carbonyl (C=O) groups excluding carboxylic acids is 3. The average Bonchev–Trinajstić information content (AvgIpc) is 3.56. The van der Waals surface area contributed by atoms with Gasteiger partial charge in [-0.1, -0.05) is 0 Å². The van der Waals surface area contributed by atoms with Gasteiger partial charge in [0.05, 0.1) is 17.7 Å². The zero-order chi connectivity index (χ0) is 25.5. The Labute approximate surface area is 207 Å². The van der Waals surface area contributed by atoms with Crippen molar-refractivity contribution in [2.24, 2.45) is 5.92 Å². The molecule has 1 aliphatic heterocycles. The molecule has 9 nitrogen and oxygen atoms in total. The summed E-state index contributed by atoms with van der Waals surface area (Å²) in [6.45, 7) is 7.34. The largest absolute Gasteiger partial charge is 0.372 e. The first kappa shape index (κ1) is 25.6. The number of fused-ring (bicyclic) bond motifs is 1. The highest BCUT2D eigenvalue weighted by molar-refractivity contribution is 7.90. The molecule has 1 aromatic carbocycles. The number of hydrogen-bond acceptors (Lipinski definition) is 6. The van der Waals surface area contributed by atoms with E-state index in [4.69, 9.17) is 0 Å². The minimum atomic E-state index is -3.58. The zero-order valence-corrected chi connectivity index (χ0v) is 21.8. The number of nitrogens with zero attached hydrogens (tertiary/aromatic N) is 3. The highest BCUT2D eigenvalue weighted by atomic mass is 32.2. The summed E-state index contributed by atoms with van der Waals surface area (Å²) in [5.41, 5.74) is 1.05. The fourth-order valence-corrected chi connectivity index (χ4v) is 7.26. The Morgan fingerprint density at radius 3 is 2.31 bits per heavy atom. The van der Waals surface area contributed by atoms with Crippen LogP contribution in [0.25, 0.3) is 0 Å². The Morgan fingerprint density at radius 1 is 1.11 bits per heavy atom. The van der Waals surface area contributed by atoms with Crippen molar-refractivity contribution in [1.82, 2.24) is 14.5 Å². The number of anilines is 1. The van der Waals surface area contributed by atoms with E-state index in [9.17, 15) is 22.8 Å². The van der Waals surface area contributed by atoms with Gasteiger partial charge in [-0.25, -0.2) is 17.9 Å². The van der Waals surface area contributed by atoms with Crippen molar-refractivity contribution in [1.29, 1.82) is 0 Å². The quantitative estimate of drug-likeness (QED) is 0.518. The third-order valence-electron chi connectivity index (χ3n) is 7.83. The first-order valence-electron chi connectivity index (χ1n) is 12.5. The summed E-state index contributed by atoms with van der Waals surface area (Å²) in [6.07, 6.45) is 2.61. The monoisotopic (exact) mass is 504 g/mol. The third kappa shape index (κ3) is 5.09. The number of hydrogen-bond donors (Lipinski definition) is 1. The predicted octanol–water partition coefficient (Wildman–Crippen LogP) is 2.62. The van der Waals surface area contributed by atoms with Crippen LogP contribution in [0, 0.1) is 5.92 Å². The lowest BCUT2D eigenvalue weighted by molar-refractivity contribution is -0.139. The number of amides is 3. The standard InChI is InChI=1S/C25H36N4O5S/c1-5-28(6-2)18-9-7-17(8-10-18)22(30)16-29-23(31)20-15-19(11-12-21(20)27(4)24(29)32)35(33,34)26-25(3)13-14-25/h7-10,19-21,26H,5-6,11-16H2,1-4H3. The molecular weight excluding hydrogens is 468 g/mol. The number of nitrogens with one attached hydrogen (secondary N) is 1. The number of imide groups is 1. The van der Waals surface area contributed by atoms with E-state index >= 15 is 0 Å². The molecule has 4 rings (SSSR count). The number of rotatable bonds is 9. The SMILES string of the molecule is CCN(CC)c1ccc(C(=O)CN2C(=O)C3CC(S(=O)(=O)NC4(C)CC4)CCC3N(C)C2=O)cc1. The Kier molecular flexibility index (Phi) is 6.98. The molecule has 3 amide bonds. The molecule has 10 heteroatoms. The van der Waals surface area contributed by atoms with Crippen molar-refractivity contribution in [2.45, 2.75) is 69.7 Å². The van der Waals surface area contributed by atoms with Crippen LogP contribution in [0.1, 0.15) is 63.2 Å². The molecule has 1 aromatic rings. The van der Waals surface area contributed by atoms with Crippen LogP contribution in [0.5, 0.6) is 0 Å². The van der Waals surface area contributed by atoms with Gasteiger partial charge < -0.3 is 9.80 Å². The number of sulfonamides is 1. The number of ketones is 1. The van der Waals surface area contributed by atoms with Gasteiger partial charge in [0.15, 0.2) is 5.78 Å². The minimum Gasteiger partial charge on any atom is -0.372 e. The maximum Gasteiger partial charge on any atom is 0.327 e. The molecule has 35 heavy (non-hydrogen) atoms. The van der Waals surface area contributed by atoms with E-state index in [-0.39, 0.29) is 30.3 Å². The van der Waals surface area contributed by atoms with Gasteiger partial charge >= 0.3 is 6.03 Å².